The molecule has 0 aromatic carbocycles. The van der Waals surface area contributed by atoms with Gasteiger partial charge in [-0.3, -0.25) is 4.79 Å². The fourth-order valence-electron chi connectivity index (χ4n) is 2.15. The highest BCUT2D eigenvalue weighted by molar-refractivity contribution is 5.76. The van der Waals surface area contributed by atoms with Gasteiger partial charge < -0.3 is 14.8 Å². The van der Waals surface area contributed by atoms with Gasteiger partial charge in [-0.2, -0.15) is 0 Å². The summed E-state index contributed by atoms with van der Waals surface area (Å²) in [4.78, 5) is 18.4. The number of imidazole rings is 1. The van der Waals surface area contributed by atoms with Gasteiger partial charge in [0.2, 0.25) is 5.91 Å². The molecule has 1 N–H and O–H groups in total. The molecule has 1 amide bonds. The molecular formula is C13H22N4O. The number of amides is 1. The summed E-state index contributed by atoms with van der Waals surface area (Å²) < 4.78 is 1.89. The van der Waals surface area contributed by atoms with Crippen LogP contribution < -0.4 is 5.32 Å². The monoisotopic (exact) mass is 250 g/mol. The first-order chi connectivity index (χ1) is 8.74. The highest BCUT2D eigenvalue weighted by Crippen LogP contribution is 2.26. The SMILES string of the molecule is CCN(C(=O)Cn1cnc(CCNC)c1)C1CC1. The third-order valence-electron chi connectivity index (χ3n) is 3.28. The number of nitrogens with one attached hydrogen (secondary N) is 1. The molecule has 2 rings (SSSR count). The van der Waals surface area contributed by atoms with E-state index in [1.165, 1.54) is 0 Å². The maximum Gasteiger partial charge on any atom is 0.242 e. The van der Waals surface area contributed by atoms with Gasteiger partial charge in [-0.05, 0) is 26.8 Å². The molecule has 0 saturated heterocycles. The smallest absolute Gasteiger partial charge is 0.242 e. The first-order valence-electron chi connectivity index (χ1n) is 6.69. The van der Waals surface area contributed by atoms with Crippen molar-refractivity contribution in [1.29, 1.82) is 0 Å². The summed E-state index contributed by atoms with van der Waals surface area (Å²) in [5, 5.41) is 3.09. The van der Waals surface area contributed by atoms with Crippen molar-refractivity contribution < 1.29 is 4.79 Å². The largest absolute Gasteiger partial charge is 0.338 e. The topological polar surface area (TPSA) is 50.2 Å². The molecule has 0 atom stereocenters. The minimum atomic E-state index is 0.206. The van der Waals surface area contributed by atoms with Gasteiger partial charge in [0.1, 0.15) is 6.54 Å². The van der Waals surface area contributed by atoms with E-state index < -0.39 is 0 Å². The standard InChI is InChI=1S/C13H22N4O/c1-3-17(12-4-5-12)13(18)9-16-8-11(15-10-16)6-7-14-2/h8,10,12,14H,3-7,9H2,1-2H3. The number of nitrogens with zero attached hydrogens (tertiary/aromatic N) is 3. The second-order valence-electron chi connectivity index (χ2n) is 4.80. The number of aromatic nitrogens is 2. The van der Waals surface area contributed by atoms with E-state index in [1.54, 1.807) is 6.33 Å². The Balaban J connectivity index is 1.87. The lowest BCUT2D eigenvalue weighted by molar-refractivity contribution is -0.132. The van der Waals surface area contributed by atoms with E-state index in [4.69, 9.17) is 0 Å². The number of likely N-dealkylation sites (N-methyl/N-ethyl adjacent to an activating group) is 2. The molecule has 5 heteroatoms. The number of carbonyl (C=O) groups excluding carboxylic acids is 1. The second-order valence-corrected chi connectivity index (χ2v) is 4.80. The van der Waals surface area contributed by atoms with E-state index in [1.807, 2.05) is 29.6 Å². The number of hydrogen-bond donors (Lipinski definition) is 1. The highest BCUT2D eigenvalue weighted by Gasteiger charge is 2.31. The zero-order valence-corrected chi connectivity index (χ0v) is 11.2. The van der Waals surface area contributed by atoms with Crippen LogP contribution in [-0.4, -0.2) is 46.5 Å². The summed E-state index contributed by atoms with van der Waals surface area (Å²) in [7, 11) is 1.93. The zero-order valence-electron chi connectivity index (χ0n) is 11.2. The molecule has 0 radical (unpaired) electrons. The first kappa shape index (κ1) is 13.1. The Hall–Kier alpha value is -1.36. The van der Waals surface area contributed by atoms with Crippen molar-refractivity contribution in [2.75, 3.05) is 20.1 Å². The van der Waals surface area contributed by atoms with Crippen LogP contribution in [0.1, 0.15) is 25.5 Å². The Morgan fingerprint density at radius 3 is 3.00 bits per heavy atom. The molecule has 5 nitrogen and oxygen atoms in total. The van der Waals surface area contributed by atoms with Gasteiger partial charge in [-0.25, -0.2) is 4.98 Å². The van der Waals surface area contributed by atoms with Gasteiger partial charge >= 0.3 is 0 Å². The van der Waals surface area contributed by atoms with Crippen molar-refractivity contribution in [1.82, 2.24) is 19.8 Å². The predicted octanol–water partition coefficient (Wildman–Crippen LogP) is 0.656. The van der Waals surface area contributed by atoms with E-state index >= 15 is 0 Å². The molecule has 100 valence electrons. The Morgan fingerprint density at radius 1 is 1.61 bits per heavy atom. The van der Waals surface area contributed by atoms with E-state index in [2.05, 4.69) is 10.3 Å². The van der Waals surface area contributed by atoms with Gasteiger partial charge in [0.05, 0.1) is 12.0 Å². The lowest BCUT2D eigenvalue weighted by atomic mass is 10.3. The lowest BCUT2D eigenvalue weighted by Gasteiger charge is -2.20. The maximum atomic E-state index is 12.1. The Labute approximate surface area is 108 Å². The van der Waals surface area contributed by atoms with Gasteiger partial charge in [0.25, 0.3) is 0 Å². The predicted molar refractivity (Wildman–Crippen MR) is 70.3 cm³/mol. The molecule has 1 heterocycles. The highest BCUT2D eigenvalue weighted by atomic mass is 16.2. The second kappa shape index (κ2) is 6.00. The fourth-order valence-corrected chi connectivity index (χ4v) is 2.15. The minimum Gasteiger partial charge on any atom is -0.338 e. The molecule has 1 aliphatic rings. The van der Waals surface area contributed by atoms with Crippen LogP contribution in [0.5, 0.6) is 0 Å². The average Bonchev–Trinajstić information content (AvgIpc) is 3.08. The van der Waals surface area contributed by atoms with E-state index in [-0.39, 0.29) is 5.91 Å². The quantitative estimate of drug-likeness (QED) is 0.773. The van der Waals surface area contributed by atoms with Gasteiger partial charge in [0, 0.05) is 31.7 Å². The molecule has 1 aliphatic carbocycles. The molecule has 0 spiro atoms. The molecule has 0 unspecified atom stereocenters. The summed E-state index contributed by atoms with van der Waals surface area (Å²) in [5.41, 5.74) is 1.03. The van der Waals surface area contributed by atoms with E-state index in [0.29, 0.717) is 12.6 Å². The van der Waals surface area contributed by atoms with Gasteiger partial charge in [-0.15, -0.1) is 0 Å². The summed E-state index contributed by atoms with van der Waals surface area (Å²) in [6.07, 6.45) is 6.95. The van der Waals surface area contributed by atoms with Crippen molar-refractivity contribution >= 4 is 5.91 Å². The summed E-state index contributed by atoms with van der Waals surface area (Å²) in [5.74, 6) is 0.206. The van der Waals surface area contributed by atoms with Crippen molar-refractivity contribution in [3.05, 3.63) is 18.2 Å². The van der Waals surface area contributed by atoms with E-state index in [9.17, 15) is 4.79 Å². The Kier molecular flexibility index (Phi) is 4.36. The van der Waals surface area contributed by atoms with Crippen molar-refractivity contribution in [3.63, 3.8) is 0 Å². The molecule has 0 bridgehead atoms. The lowest BCUT2D eigenvalue weighted by Crippen LogP contribution is -2.35. The van der Waals surface area contributed by atoms with E-state index in [0.717, 1.165) is 38.0 Å². The van der Waals surface area contributed by atoms with Crippen LogP contribution in [0.2, 0.25) is 0 Å². The minimum absolute atomic E-state index is 0.206. The molecule has 1 aromatic heterocycles. The number of rotatable bonds is 7. The van der Waals surface area contributed by atoms with Crippen LogP contribution in [0, 0.1) is 0 Å². The normalized spacial score (nSPS) is 14.8. The maximum absolute atomic E-state index is 12.1. The summed E-state index contributed by atoms with van der Waals surface area (Å²) in [6, 6.07) is 0.495. The molecule has 0 aliphatic heterocycles. The number of carbonyl (C=O) groups is 1. The van der Waals surface area contributed by atoms with Crippen molar-refractivity contribution in [2.45, 2.75) is 38.8 Å². The third kappa shape index (κ3) is 3.32. The summed E-state index contributed by atoms with van der Waals surface area (Å²) in [6.45, 7) is 4.18. The molecular weight excluding hydrogens is 228 g/mol. The van der Waals surface area contributed by atoms with Gasteiger partial charge in [0.15, 0.2) is 0 Å². The Morgan fingerprint density at radius 2 is 2.39 bits per heavy atom. The summed E-state index contributed by atoms with van der Waals surface area (Å²) >= 11 is 0. The van der Waals surface area contributed by atoms with Crippen LogP contribution in [0.15, 0.2) is 12.5 Å². The van der Waals surface area contributed by atoms with Gasteiger partial charge in [-0.1, -0.05) is 0 Å². The van der Waals surface area contributed by atoms with Crippen LogP contribution in [0.25, 0.3) is 0 Å². The average molecular weight is 250 g/mol. The Bertz CT molecular complexity index is 397. The third-order valence-corrected chi connectivity index (χ3v) is 3.28. The fraction of sp³-hybridized carbons (Fsp3) is 0.692. The zero-order chi connectivity index (χ0) is 13.0. The molecule has 1 saturated carbocycles. The number of hydrogen-bond acceptors (Lipinski definition) is 3. The first-order valence-corrected chi connectivity index (χ1v) is 6.69. The van der Waals surface area contributed by atoms with Crippen LogP contribution >= 0.6 is 0 Å². The van der Waals surface area contributed by atoms with Crippen LogP contribution in [-0.2, 0) is 17.8 Å². The molecule has 18 heavy (non-hydrogen) atoms. The van der Waals surface area contributed by atoms with Crippen molar-refractivity contribution in [2.24, 2.45) is 0 Å². The van der Waals surface area contributed by atoms with Crippen LogP contribution in [0.4, 0.5) is 0 Å². The molecule has 1 aromatic rings. The van der Waals surface area contributed by atoms with Crippen molar-refractivity contribution in [3.8, 4) is 0 Å². The van der Waals surface area contributed by atoms with Crippen LogP contribution in [0.3, 0.4) is 0 Å². The molecule has 1 fully saturated rings.